The number of carbonyl (C=O) groups is 1. The first-order chi connectivity index (χ1) is 23.8. The number of hydrogen-bond donors (Lipinski definition) is 2. The molecule has 3 aliphatic rings. The lowest BCUT2D eigenvalue weighted by atomic mass is 9.80. The number of nitrogens with zero attached hydrogens (tertiary/aromatic N) is 2. The summed E-state index contributed by atoms with van der Waals surface area (Å²) in [5.41, 5.74) is 7.54. The van der Waals surface area contributed by atoms with Crippen molar-refractivity contribution in [2.24, 2.45) is 11.8 Å². The number of aromatic nitrogens is 2. The van der Waals surface area contributed by atoms with Crippen molar-refractivity contribution < 1.29 is 9.21 Å². The highest BCUT2D eigenvalue weighted by Gasteiger charge is 2.48. The first-order valence-electron chi connectivity index (χ1n) is 17.2. The molecule has 5 unspecified atom stereocenters. The minimum Gasteiger partial charge on any atom is -0.454 e. The van der Waals surface area contributed by atoms with Gasteiger partial charge in [-0.2, -0.15) is 11.8 Å². The van der Waals surface area contributed by atoms with E-state index in [4.69, 9.17) is 4.42 Å². The molecule has 3 aliphatic heterocycles. The Morgan fingerprint density at radius 1 is 0.688 bits per heavy atom. The van der Waals surface area contributed by atoms with Crippen LogP contribution < -0.4 is 10.6 Å². The average molecular weight is 647 g/mol. The normalized spacial score (nSPS) is 24.7. The Kier molecular flexibility index (Phi) is 5.83. The topological polar surface area (TPSA) is 64.1 Å². The van der Waals surface area contributed by atoms with Gasteiger partial charge in [0.05, 0.1) is 33.6 Å². The Hall–Kier alpha value is -4.56. The van der Waals surface area contributed by atoms with E-state index < -0.39 is 0 Å². The van der Waals surface area contributed by atoms with Crippen molar-refractivity contribution in [1.82, 2.24) is 19.8 Å². The number of benzene rings is 5. The molecular weight excluding hydrogens is 613 g/mol. The minimum atomic E-state index is -0.0344. The molecule has 0 bridgehead atoms. The third-order valence-electron chi connectivity index (χ3n) is 11.4. The number of ketones is 1. The summed E-state index contributed by atoms with van der Waals surface area (Å²) in [6, 6.07) is 36.8. The zero-order valence-electron chi connectivity index (χ0n) is 26.4. The van der Waals surface area contributed by atoms with Crippen molar-refractivity contribution in [2.75, 3.05) is 19.6 Å². The van der Waals surface area contributed by atoms with Gasteiger partial charge in [-0.3, -0.25) is 10.1 Å². The molecule has 0 amide bonds. The SMILES string of the molecule is O=C1C2CCNCC2SC2CNC(n3c4ccccc4c4c5c6ccccc6n(-c6ccccc6)c5c5c6ccccc6oc5c43)CC12. The van der Waals surface area contributed by atoms with Crippen LogP contribution in [0.4, 0.5) is 0 Å². The van der Waals surface area contributed by atoms with Gasteiger partial charge in [-0.25, -0.2) is 0 Å². The fourth-order valence-electron chi connectivity index (χ4n) is 9.39. The van der Waals surface area contributed by atoms with Crippen molar-refractivity contribution in [3.8, 4) is 5.69 Å². The summed E-state index contributed by atoms with van der Waals surface area (Å²) >= 11 is 2.04. The van der Waals surface area contributed by atoms with Crippen LogP contribution in [-0.4, -0.2) is 45.1 Å². The second-order valence-electron chi connectivity index (χ2n) is 13.8. The number of Topliss-reactive ketones (excluding diaryl/α,β-unsaturated/α-hetero) is 1. The van der Waals surface area contributed by atoms with Crippen LogP contribution in [0.3, 0.4) is 0 Å². The van der Waals surface area contributed by atoms with Gasteiger partial charge in [-0.05, 0) is 49.7 Å². The van der Waals surface area contributed by atoms with Gasteiger partial charge in [0.25, 0.3) is 0 Å². The van der Waals surface area contributed by atoms with Gasteiger partial charge >= 0.3 is 0 Å². The van der Waals surface area contributed by atoms with Gasteiger partial charge in [0.15, 0.2) is 5.58 Å². The van der Waals surface area contributed by atoms with Crippen molar-refractivity contribution in [2.45, 2.75) is 29.5 Å². The van der Waals surface area contributed by atoms with Gasteiger partial charge in [-0.15, -0.1) is 0 Å². The summed E-state index contributed by atoms with van der Waals surface area (Å²) in [6.45, 7) is 2.70. The molecule has 3 aromatic heterocycles. The van der Waals surface area contributed by atoms with E-state index in [1.807, 2.05) is 11.8 Å². The van der Waals surface area contributed by atoms with Gasteiger partial charge in [-0.1, -0.05) is 72.8 Å². The number of nitrogens with one attached hydrogen (secondary N) is 2. The molecule has 3 fully saturated rings. The number of fused-ring (bicyclic) bond motifs is 14. The van der Waals surface area contributed by atoms with Crippen molar-refractivity contribution in [1.29, 1.82) is 0 Å². The zero-order valence-corrected chi connectivity index (χ0v) is 27.2. The maximum atomic E-state index is 14.1. The molecule has 7 heteroatoms. The largest absolute Gasteiger partial charge is 0.454 e. The molecule has 0 spiro atoms. The summed E-state index contributed by atoms with van der Waals surface area (Å²) in [5.74, 6) is 0.701. The molecule has 6 heterocycles. The van der Waals surface area contributed by atoms with Crippen LogP contribution in [0.15, 0.2) is 108 Å². The molecule has 8 aromatic rings. The summed E-state index contributed by atoms with van der Waals surface area (Å²) in [6.07, 6.45) is 1.70. The van der Waals surface area contributed by atoms with Crippen molar-refractivity contribution in [3.63, 3.8) is 0 Å². The number of furan rings is 1. The average Bonchev–Trinajstić information content (AvgIpc) is 3.80. The Labute approximate surface area is 281 Å². The van der Waals surface area contributed by atoms with Gasteiger partial charge < -0.3 is 18.9 Å². The van der Waals surface area contributed by atoms with Crippen molar-refractivity contribution >= 4 is 83.1 Å². The number of para-hydroxylation sites is 4. The summed E-state index contributed by atoms with van der Waals surface area (Å²) in [5, 5.41) is 15.3. The van der Waals surface area contributed by atoms with Crippen LogP contribution in [0.1, 0.15) is 19.0 Å². The zero-order chi connectivity index (χ0) is 31.5. The van der Waals surface area contributed by atoms with Gasteiger partial charge in [0.1, 0.15) is 11.4 Å². The lowest BCUT2D eigenvalue weighted by Crippen LogP contribution is -2.56. The third-order valence-corrected chi connectivity index (χ3v) is 13.1. The lowest BCUT2D eigenvalue weighted by molar-refractivity contribution is -0.129. The highest BCUT2D eigenvalue weighted by molar-refractivity contribution is 8.00. The molecule has 11 rings (SSSR count). The lowest BCUT2D eigenvalue weighted by Gasteiger charge is -2.46. The number of hydrogen-bond acceptors (Lipinski definition) is 5. The minimum absolute atomic E-state index is 0.0344. The van der Waals surface area contributed by atoms with Gasteiger partial charge in [0, 0.05) is 68.0 Å². The van der Waals surface area contributed by atoms with Crippen LogP contribution in [0.25, 0.3) is 71.2 Å². The second kappa shape index (κ2) is 10.2. The molecule has 0 radical (unpaired) electrons. The van der Waals surface area contributed by atoms with Crippen LogP contribution in [0.2, 0.25) is 0 Å². The van der Waals surface area contributed by atoms with Crippen LogP contribution in [0.5, 0.6) is 0 Å². The fourth-order valence-corrected chi connectivity index (χ4v) is 11.1. The van der Waals surface area contributed by atoms with Crippen LogP contribution >= 0.6 is 11.8 Å². The molecule has 3 saturated heterocycles. The molecule has 236 valence electrons. The number of thioether (sulfide) groups is 1. The van der Waals surface area contributed by atoms with E-state index in [1.54, 1.807) is 0 Å². The number of piperidine rings is 2. The summed E-state index contributed by atoms with van der Waals surface area (Å²) in [4.78, 5) is 14.1. The Balaban J connectivity index is 1.26. The van der Waals surface area contributed by atoms with Gasteiger partial charge in [0.2, 0.25) is 0 Å². The van der Waals surface area contributed by atoms with E-state index in [1.165, 1.54) is 38.1 Å². The predicted molar refractivity (Wildman–Crippen MR) is 197 cm³/mol. The van der Waals surface area contributed by atoms with E-state index in [2.05, 4.69) is 123 Å². The Bertz CT molecular complexity index is 2600. The van der Waals surface area contributed by atoms with E-state index in [-0.39, 0.29) is 18.0 Å². The van der Waals surface area contributed by atoms with E-state index in [9.17, 15) is 4.79 Å². The highest BCUT2D eigenvalue weighted by Crippen LogP contribution is 2.51. The maximum absolute atomic E-state index is 14.1. The van der Waals surface area contributed by atoms with Crippen molar-refractivity contribution in [3.05, 3.63) is 103 Å². The molecule has 2 N–H and O–H groups in total. The standard InChI is InChI=1S/C41H34N4O2S/c46-40-27-18-19-42-21-32(27)48-33-22-43-34(20-28(33)40)45-30-16-8-5-13-25(30)36-35-24-12-4-7-15-29(24)44(23-10-2-1-3-11-23)38(35)37-26-14-6-9-17-31(26)47-41(37)39(36)45/h1-17,27-28,32-34,42-43H,18-22H2. The quantitative estimate of drug-likeness (QED) is 0.197. The molecule has 48 heavy (non-hydrogen) atoms. The van der Waals surface area contributed by atoms with E-state index in [0.717, 1.165) is 65.6 Å². The predicted octanol–water partition coefficient (Wildman–Crippen LogP) is 8.56. The number of rotatable bonds is 2. The number of carbonyl (C=O) groups excluding carboxylic acids is 1. The Morgan fingerprint density at radius 2 is 1.38 bits per heavy atom. The highest BCUT2D eigenvalue weighted by atomic mass is 32.2. The molecule has 0 aliphatic carbocycles. The molecule has 0 saturated carbocycles. The first-order valence-corrected chi connectivity index (χ1v) is 18.2. The summed E-state index contributed by atoms with van der Waals surface area (Å²) in [7, 11) is 0. The molecule has 5 aromatic carbocycles. The first kappa shape index (κ1) is 27.4. The van der Waals surface area contributed by atoms with E-state index >= 15 is 0 Å². The maximum Gasteiger partial charge on any atom is 0.161 e. The monoisotopic (exact) mass is 646 g/mol. The Morgan fingerprint density at radius 3 is 2.23 bits per heavy atom. The third kappa shape index (κ3) is 3.64. The smallest absolute Gasteiger partial charge is 0.161 e. The molecular formula is C41H34N4O2S. The van der Waals surface area contributed by atoms with Crippen LogP contribution in [-0.2, 0) is 4.79 Å². The molecule has 5 atom stereocenters. The molecule has 6 nitrogen and oxygen atoms in total. The second-order valence-corrected chi connectivity index (χ2v) is 15.3. The summed E-state index contributed by atoms with van der Waals surface area (Å²) < 4.78 is 11.9. The fraction of sp³-hybridized carbons (Fsp3) is 0.244. The van der Waals surface area contributed by atoms with E-state index in [0.29, 0.717) is 16.3 Å². The van der Waals surface area contributed by atoms with Crippen LogP contribution in [0, 0.1) is 11.8 Å².